The van der Waals surface area contributed by atoms with E-state index in [0.717, 1.165) is 15.8 Å². The fourth-order valence-electron chi connectivity index (χ4n) is 2.02. The first kappa shape index (κ1) is 12.9. The van der Waals surface area contributed by atoms with Crippen molar-refractivity contribution in [1.29, 1.82) is 0 Å². The quantitative estimate of drug-likeness (QED) is 0.711. The number of nitrogens with one attached hydrogen (secondary N) is 1. The number of benzene rings is 2. The Labute approximate surface area is 126 Å². The molecule has 0 saturated heterocycles. The predicted octanol–water partition coefficient (Wildman–Crippen LogP) is 5.25. The van der Waals surface area contributed by atoms with Crippen molar-refractivity contribution in [1.82, 2.24) is 4.98 Å². The number of hydrogen-bond acceptors (Lipinski definition) is 2. The topological polar surface area (TPSA) is 24.9 Å². The number of aromatic nitrogens is 1. The van der Waals surface area contributed by atoms with Gasteiger partial charge in [-0.25, -0.2) is 0 Å². The van der Waals surface area contributed by atoms with E-state index in [1.165, 1.54) is 11.1 Å². The molecule has 0 radical (unpaired) electrons. The lowest BCUT2D eigenvalue weighted by Crippen LogP contribution is -1.90. The molecule has 20 heavy (non-hydrogen) atoms. The summed E-state index contributed by atoms with van der Waals surface area (Å²) in [4.78, 5) is 4.14. The van der Waals surface area contributed by atoms with Gasteiger partial charge >= 0.3 is 0 Å². The zero-order valence-electron chi connectivity index (χ0n) is 10.8. The molecule has 98 valence electrons. The van der Waals surface area contributed by atoms with Crippen LogP contribution in [0.3, 0.4) is 0 Å². The molecule has 0 aliphatic rings. The number of halogens is 1. The largest absolute Gasteiger partial charge is 0.354 e. The molecule has 1 aromatic heterocycles. The summed E-state index contributed by atoms with van der Waals surface area (Å²) in [5.74, 6) is 0. The summed E-state index contributed by atoms with van der Waals surface area (Å²) in [5, 5.41) is 3.33. The molecular formula is C17H13BrN2. The summed E-state index contributed by atoms with van der Waals surface area (Å²) in [7, 11) is 0. The van der Waals surface area contributed by atoms with Crippen molar-refractivity contribution in [3.63, 3.8) is 0 Å². The maximum Gasteiger partial charge on any atom is 0.0582 e. The number of rotatable bonds is 3. The average molecular weight is 325 g/mol. The molecule has 0 bridgehead atoms. The van der Waals surface area contributed by atoms with Crippen LogP contribution in [0.4, 0.5) is 11.4 Å². The standard InChI is InChI=1S/C17H13BrN2/c18-15-10-17(12-19-11-15)20-16-8-6-14(7-9-16)13-4-2-1-3-5-13/h1-12,20H. The van der Waals surface area contributed by atoms with E-state index >= 15 is 0 Å². The van der Waals surface area contributed by atoms with Crippen LogP contribution in [-0.4, -0.2) is 4.98 Å². The second-order valence-corrected chi connectivity index (χ2v) is 5.38. The Kier molecular flexibility index (Phi) is 3.79. The Balaban J connectivity index is 1.80. The normalized spacial score (nSPS) is 10.2. The highest BCUT2D eigenvalue weighted by atomic mass is 79.9. The molecule has 1 N–H and O–H groups in total. The molecule has 0 aliphatic heterocycles. The van der Waals surface area contributed by atoms with Crippen molar-refractivity contribution in [2.24, 2.45) is 0 Å². The predicted molar refractivity (Wildman–Crippen MR) is 87.1 cm³/mol. The molecule has 0 fully saturated rings. The fraction of sp³-hybridized carbons (Fsp3) is 0. The molecule has 0 saturated carbocycles. The summed E-state index contributed by atoms with van der Waals surface area (Å²) in [6.45, 7) is 0. The van der Waals surface area contributed by atoms with Crippen LogP contribution < -0.4 is 5.32 Å². The van der Waals surface area contributed by atoms with Gasteiger partial charge < -0.3 is 5.32 Å². The van der Waals surface area contributed by atoms with Gasteiger partial charge in [0.05, 0.1) is 11.9 Å². The summed E-state index contributed by atoms with van der Waals surface area (Å²) < 4.78 is 0.961. The van der Waals surface area contributed by atoms with Crippen LogP contribution in [0, 0.1) is 0 Å². The van der Waals surface area contributed by atoms with Gasteiger partial charge in [0.25, 0.3) is 0 Å². The first-order chi connectivity index (χ1) is 9.81. The molecule has 0 atom stereocenters. The van der Waals surface area contributed by atoms with Gasteiger partial charge in [-0.05, 0) is 45.3 Å². The number of anilines is 2. The molecule has 2 nitrogen and oxygen atoms in total. The van der Waals surface area contributed by atoms with Crippen molar-refractivity contribution < 1.29 is 0 Å². The molecule has 0 amide bonds. The van der Waals surface area contributed by atoms with Gasteiger partial charge in [0.1, 0.15) is 0 Å². The monoisotopic (exact) mass is 324 g/mol. The summed E-state index contributed by atoms with van der Waals surface area (Å²) in [6.07, 6.45) is 3.57. The van der Waals surface area contributed by atoms with Gasteiger partial charge in [-0.3, -0.25) is 4.98 Å². The summed E-state index contributed by atoms with van der Waals surface area (Å²) in [5.41, 5.74) is 4.45. The second-order valence-electron chi connectivity index (χ2n) is 4.46. The van der Waals surface area contributed by atoms with Crippen LogP contribution in [0.1, 0.15) is 0 Å². The number of nitrogens with zero attached hydrogens (tertiary/aromatic N) is 1. The minimum absolute atomic E-state index is 0.961. The van der Waals surface area contributed by atoms with E-state index in [9.17, 15) is 0 Å². The van der Waals surface area contributed by atoms with Gasteiger partial charge in [0.15, 0.2) is 0 Å². The third-order valence-corrected chi connectivity index (χ3v) is 3.42. The van der Waals surface area contributed by atoms with E-state index < -0.39 is 0 Å². The number of pyridine rings is 1. The van der Waals surface area contributed by atoms with Gasteiger partial charge in [0, 0.05) is 16.4 Å². The van der Waals surface area contributed by atoms with Crippen LogP contribution in [0.15, 0.2) is 77.5 Å². The Morgan fingerprint density at radius 1 is 0.750 bits per heavy atom. The maximum absolute atomic E-state index is 4.14. The Morgan fingerprint density at radius 2 is 1.45 bits per heavy atom. The lowest BCUT2D eigenvalue weighted by atomic mass is 10.1. The smallest absolute Gasteiger partial charge is 0.0582 e. The summed E-state index contributed by atoms with van der Waals surface area (Å²) >= 11 is 3.42. The molecule has 3 heteroatoms. The van der Waals surface area contributed by atoms with E-state index in [1.807, 2.05) is 12.1 Å². The average Bonchev–Trinajstić information content (AvgIpc) is 2.49. The minimum Gasteiger partial charge on any atom is -0.354 e. The van der Waals surface area contributed by atoms with Crippen LogP contribution in [-0.2, 0) is 0 Å². The molecule has 3 rings (SSSR count). The van der Waals surface area contributed by atoms with Crippen LogP contribution in [0.5, 0.6) is 0 Å². The zero-order chi connectivity index (χ0) is 13.8. The van der Waals surface area contributed by atoms with Gasteiger partial charge in [0.2, 0.25) is 0 Å². The lowest BCUT2D eigenvalue weighted by Gasteiger charge is -2.07. The highest BCUT2D eigenvalue weighted by Gasteiger charge is 1.99. The van der Waals surface area contributed by atoms with Crippen LogP contribution in [0.2, 0.25) is 0 Å². The molecule has 2 aromatic carbocycles. The van der Waals surface area contributed by atoms with E-state index in [2.05, 4.69) is 74.8 Å². The number of hydrogen-bond donors (Lipinski definition) is 1. The molecule has 3 aromatic rings. The van der Waals surface area contributed by atoms with Crippen molar-refractivity contribution in [2.45, 2.75) is 0 Å². The summed E-state index contributed by atoms with van der Waals surface area (Å²) in [6, 6.07) is 20.7. The zero-order valence-corrected chi connectivity index (χ0v) is 12.3. The van der Waals surface area contributed by atoms with E-state index in [4.69, 9.17) is 0 Å². The molecule has 0 unspecified atom stereocenters. The Bertz CT molecular complexity index is 694. The van der Waals surface area contributed by atoms with Crippen molar-refractivity contribution >= 4 is 27.3 Å². The third kappa shape index (κ3) is 3.06. The van der Waals surface area contributed by atoms with Crippen molar-refractivity contribution in [2.75, 3.05) is 5.32 Å². The third-order valence-electron chi connectivity index (χ3n) is 2.99. The first-order valence-electron chi connectivity index (χ1n) is 6.34. The van der Waals surface area contributed by atoms with Gasteiger partial charge in [-0.15, -0.1) is 0 Å². The van der Waals surface area contributed by atoms with Crippen molar-refractivity contribution in [3.8, 4) is 11.1 Å². The molecule has 0 aliphatic carbocycles. The highest BCUT2D eigenvalue weighted by Crippen LogP contribution is 2.23. The van der Waals surface area contributed by atoms with Gasteiger partial charge in [-0.1, -0.05) is 42.5 Å². The van der Waals surface area contributed by atoms with E-state index in [1.54, 1.807) is 12.4 Å². The lowest BCUT2D eigenvalue weighted by molar-refractivity contribution is 1.30. The fourth-order valence-corrected chi connectivity index (χ4v) is 2.39. The van der Waals surface area contributed by atoms with Crippen LogP contribution >= 0.6 is 15.9 Å². The molecular weight excluding hydrogens is 312 g/mol. The van der Waals surface area contributed by atoms with Crippen LogP contribution in [0.25, 0.3) is 11.1 Å². The van der Waals surface area contributed by atoms with E-state index in [0.29, 0.717) is 0 Å². The Morgan fingerprint density at radius 3 is 2.15 bits per heavy atom. The molecule has 0 spiro atoms. The highest BCUT2D eigenvalue weighted by molar-refractivity contribution is 9.10. The minimum atomic E-state index is 0.961. The van der Waals surface area contributed by atoms with Gasteiger partial charge in [-0.2, -0.15) is 0 Å². The Hall–Kier alpha value is -2.13. The second kappa shape index (κ2) is 5.88. The SMILES string of the molecule is Brc1cncc(Nc2ccc(-c3ccccc3)cc2)c1. The maximum atomic E-state index is 4.14. The first-order valence-corrected chi connectivity index (χ1v) is 7.14. The van der Waals surface area contributed by atoms with Crippen molar-refractivity contribution in [3.05, 3.63) is 77.5 Å². The van der Waals surface area contributed by atoms with E-state index in [-0.39, 0.29) is 0 Å². The molecule has 1 heterocycles.